The summed E-state index contributed by atoms with van der Waals surface area (Å²) in [6.45, 7) is 2.66. The average molecular weight is 728 g/mol. The van der Waals surface area contributed by atoms with Crippen LogP contribution in [0, 0.1) is 25.7 Å². The van der Waals surface area contributed by atoms with Gasteiger partial charge >= 0.3 is 23.7 Å². The van der Waals surface area contributed by atoms with Crippen LogP contribution in [0.25, 0.3) is 21.6 Å². The van der Waals surface area contributed by atoms with Crippen molar-refractivity contribution >= 4 is 57.3 Å². The van der Waals surface area contributed by atoms with Crippen LogP contribution >= 0.6 is 22.7 Å². The highest BCUT2D eigenvalue weighted by atomic mass is 32.1. The fourth-order valence-electron chi connectivity index (χ4n) is 7.12. The number of hydrogen-bond donors (Lipinski definition) is 0. The molecule has 2 amide bonds. The molecule has 256 valence electrons. The lowest BCUT2D eigenvalue weighted by Crippen LogP contribution is -2.48. The maximum absolute atomic E-state index is 15.6. The van der Waals surface area contributed by atoms with E-state index in [0.717, 1.165) is 22.3 Å². The Labute approximate surface area is 288 Å². The van der Waals surface area contributed by atoms with E-state index in [1.807, 2.05) is 0 Å². The molecule has 2 aromatic carbocycles. The number of carbonyl (C=O) groups excluding carboxylic acids is 3. The molecule has 0 unspecified atom stereocenters. The van der Waals surface area contributed by atoms with E-state index < -0.39 is 81.9 Å². The number of alkyl halides is 6. The number of nitrogens with zero attached hydrogens (tertiary/aromatic N) is 1. The number of allylic oxidation sites excluding steroid dienone is 2. The molecule has 6 nitrogen and oxygen atoms in total. The third-order valence-electron chi connectivity index (χ3n) is 9.52. The van der Waals surface area contributed by atoms with Gasteiger partial charge < -0.3 is 9.47 Å². The lowest BCUT2D eigenvalue weighted by Gasteiger charge is -2.25. The van der Waals surface area contributed by atoms with Crippen molar-refractivity contribution in [1.82, 2.24) is 0 Å². The van der Waals surface area contributed by atoms with E-state index in [2.05, 4.69) is 0 Å². The fourth-order valence-corrected chi connectivity index (χ4v) is 9.05. The summed E-state index contributed by atoms with van der Waals surface area (Å²) in [7, 11) is 0. The summed E-state index contributed by atoms with van der Waals surface area (Å²) >= 11 is 1.64. The number of anilines is 1. The number of hydrogen-bond acceptors (Lipinski definition) is 7. The lowest BCUT2D eigenvalue weighted by atomic mass is 9.85. The third-order valence-corrected chi connectivity index (χ3v) is 11.6. The maximum Gasteiger partial charge on any atom is 0.380 e. The summed E-state index contributed by atoms with van der Waals surface area (Å²) in [5, 5.41) is 0. The number of rotatable bonds is 6. The van der Waals surface area contributed by atoms with Crippen molar-refractivity contribution in [3.05, 3.63) is 105 Å². The van der Waals surface area contributed by atoms with Gasteiger partial charge in [0.1, 0.15) is 10.6 Å². The Balaban J connectivity index is 1.10. The maximum atomic E-state index is 15.6. The first-order chi connectivity index (χ1) is 23.6. The van der Waals surface area contributed by atoms with Gasteiger partial charge in [-0.25, -0.2) is 9.69 Å². The molecule has 3 aliphatic heterocycles. The molecule has 0 spiro atoms. The smallest absolute Gasteiger partial charge is 0.380 e. The van der Waals surface area contributed by atoms with Crippen LogP contribution in [0.3, 0.4) is 0 Å². The second-order valence-corrected chi connectivity index (χ2v) is 14.9. The quantitative estimate of drug-likeness (QED) is 0.0655. The number of amides is 2. The molecule has 1 aliphatic carbocycles. The Kier molecular flexibility index (Phi) is 7.17. The van der Waals surface area contributed by atoms with Gasteiger partial charge in [-0.1, -0.05) is 42.5 Å². The number of aryl methyl sites for hydroxylation is 2. The van der Waals surface area contributed by atoms with Crippen LogP contribution in [-0.4, -0.2) is 47.8 Å². The Morgan fingerprint density at radius 3 is 1.88 bits per heavy atom. The Bertz CT molecular complexity index is 2140. The molecule has 8 rings (SSSR count). The zero-order chi connectivity index (χ0) is 35.5. The van der Waals surface area contributed by atoms with Gasteiger partial charge in [-0.15, -0.1) is 22.7 Å². The van der Waals surface area contributed by atoms with Crippen LogP contribution in [-0.2, 0) is 14.3 Å². The summed E-state index contributed by atoms with van der Waals surface area (Å²) in [5.41, 5.74) is -3.26. The molecular weight excluding hydrogens is 705 g/mol. The first-order valence-electron chi connectivity index (χ1n) is 15.3. The summed E-state index contributed by atoms with van der Waals surface area (Å²) < 4.78 is 103. The molecule has 5 heterocycles. The zero-order valence-corrected chi connectivity index (χ0v) is 27.5. The van der Waals surface area contributed by atoms with Gasteiger partial charge in [-0.05, 0) is 66.9 Å². The van der Waals surface area contributed by atoms with Gasteiger partial charge in [0.25, 0.3) is 0 Å². The Hall–Kier alpha value is -4.53. The van der Waals surface area contributed by atoms with Crippen molar-refractivity contribution in [1.29, 1.82) is 0 Å². The molecule has 50 heavy (non-hydrogen) atoms. The number of esters is 1. The number of benzene rings is 2. The van der Waals surface area contributed by atoms with Gasteiger partial charge in [0.05, 0.1) is 29.7 Å². The fraction of sp³-hybridized carbons (Fsp3) is 0.250. The summed E-state index contributed by atoms with van der Waals surface area (Å²) in [6.07, 6.45) is 2.57. The summed E-state index contributed by atoms with van der Waals surface area (Å²) in [4.78, 5) is 40.6. The van der Waals surface area contributed by atoms with E-state index in [-0.39, 0.29) is 26.1 Å². The van der Waals surface area contributed by atoms with Crippen molar-refractivity contribution in [3.8, 4) is 16.2 Å². The van der Waals surface area contributed by atoms with Gasteiger partial charge in [-0.2, -0.15) is 26.3 Å². The average Bonchev–Trinajstić information content (AvgIpc) is 3.91. The van der Waals surface area contributed by atoms with Crippen molar-refractivity contribution in [2.24, 2.45) is 11.8 Å². The molecule has 0 N–H and O–H groups in total. The van der Waals surface area contributed by atoms with Crippen LogP contribution in [0.4, 0.5) is 32.0 Å². The zero-order valence-electron chi connectivity index (χ0n) is 25.9. The highest BCUT2D eigenvalue weighted by Gasteiger charge is 2.80. The minimum Gasteiger partial charge on any atom is -0.422 e. The van der Waals surface area contributed by atoms with Crippen molar-refractivity contribution in [2.75, 3.05) is 4.90 Å². The van der Waals surface area contributed by atoms with Crippen molar-refractivity contribution < 1.29 is 50.2 Å². The Morgan fingerprint density at radius 2 is 1.30 bits per heavy atom. The van der Waals surface area contributed by atoms with Gasteiger partial charge in [-0.3, -0.25) is 9.59 Å². The predicted molar refractivity (Wildman–Crippen MR) is 174 cm³/mol. The molecule has 4 aromatic rings. The number of imide groups is 1. The molecular formula is C36H23F6NO5S2. The van der Waals surface area contributed by atoms with Crippen LogP contribution in [0.5, 0.6) is 5.75 Å². The van der Waals surface area contributed by atoms with E-state index >= 15 is 26.3 Å². The first kappa shape index (κ1) is 32.7. The number of ether oxygens (including phenoxy) is 2. The van der Waals surface area contributed by atoms with Crippen LogP contribution in [0.2, 0.25) is 0 Å². The van der Waals surface area contributed by atoms with Gasteiger partial charge in [0.15, 0.2) is 0 Å². The van der Waals surface area contributed by atoms with Crippen LogP contribution < -0.4 is 9.64 Å². The lowest BCUT2D eigenvalue weighted by molar-refractivity contribution is -0.254. The van der Waals surface area contributed by atoms with E-state index in [9.17, 15) is 14.4 Å². The molecule has 2 bridgehead atoms. The number of fused-ring (bicyclic) bond motifs is 5. The minimum absolute atomic E-state index is 0.0396. The number of thiophene rings is 2. The summed E-state index contributed by atoms with van der Waals surface area (Å²) in [6, 6.07) is 16.0. The molecule has 2 saturated heterocycles. The number of carbonyl (C=O) groups is 3. The highest BCUT2D eigenvalue weighted by molar-refractivity contribution is 7.15. The van der Waals surface area contributed by atoms with Gasteiger partial charge in [0.2, 0.25) is 11.8 Å². The van der Waals surface area contributed by atoms with Crippen molar-refractivity contribution in [3.63, 3.8) is 0 Å². The van der Waals surface area contributed by atoms with Crippen molar-refractivity contribution in [2.45, 2.75) is 43.8 Å². The molecule has 4 atom stereocenters. The van der Waals surface area contributed by atoms with Gasteiger partial charge in [0, 0.05) is 25.8 Å². The molecule has 2 aromatic heterocycles. The second kappa shape index (κ2) is 11.0. The van der Waals surface area contributed by atoms with E-state index in [1.54, 1.807) is 42.5 Å². The molecule has 2 fully saturated rings. The number of halogens is 6. The first-order valence-corrected chi connectivity index (χ1v) is 17.0. The summed E-state index contributed by atoms with van der Waals surface area (Å²) in [5.74, 6) is -19.5. The molecule has 14 heteroatoms. The van der Waals surface area contributed by atoms with E-state index in [4.69, 9.17) is 9.47 Å². The van der Waals surface area contributed by atoms with Crippen LogP contribution in [0.1, 0.15) is 30.6 Å². The largest absolute Gasteiger partial charge is 0.422 e. The third kappa shape index (κ3) is 4.47. The molecule has 4 aliphatic rings. The molecule has 0 saturated carbocycles. The minimum atomic E-state index is -5.76. The Morgan fingerprint density at radius 1 is 0.760 bits per heavy atom. The normalized spacial score (nSPS) is 25.6. The molecule has 0 radical (unpaired) electrons. The highest BCUT2D eigenvalue weighted by Crippen LogP contribution is 2.66. The monoisotopic (exact) mass is 727 g/mol. The van der Waals surface area contributed by atoms with E-state index in [1.165, 1.54) is 44.2 Å². The van der Waals surface area contributed by atoms with E-state index in [0.29, 0.717) is 21.8 Å². The SMILES string of the molecule is Cc1sc(C(=O)Oc2ccc(N3C(=O)[C@@H]4[C@H](C3=O)[C@H]3C=C[C@@H]4O3)cc2)cc1C1=C(c2cc(-c3ccccc3)sc2C)C(F)(F)C(F)(F)C1(F)F. The van der Waals surface area contributed by atoms with Crippen LogP contribution in [0.15, 0.2) is 78.9 Å². The predicted octanol–water partition coefficient (Wildman–Crippen LogP) is 8.59. The second-order valence-electron chi connectivity index (χ2n) is 12.4. The standard InChI is InChI=1S/C36H23F6NO5S2/c1-16-21(14-25(49-16)18-6-4-3-5-7-18)29-30(35(39,40)36(41,42)34(29,37)38)22-15-26(50-17(22)2)33(46)47-20-10-8-19(9-11-20)43-31(44)27-23-12-13-24(48-23)28(27)32(43)45/h3-15,23-24,27-28H,1-2H3/t23-,24+,27-,28+. The topological polar surface area (TPSA) is 72.9 Å².